The highest BCUT2D eigenvalue weighted by Gasteiger charge is 2.10. The molecular weight excluding hydrogens is 214 g/mol. The van der Waals surface area contributed by atoms with Gasteiger partial charge in [0.25, 0.3) is 0 Å². The molecule has 2 rings (SSSR count). The van der Waals surface area contributed by atoms with Crippen molar-refractivity contribution in [1.82, 2.24) is 0 Å². The number of rotatable bonds is 2. The van der Waals surface area contributed by atoms with E-state index in [0.29, 0.717) is 17.9 Å². The Kier molecular flexibility index (Phi) is 2.64. The molecule has 0 bridgehead atoms. The molecule has 1 aromatic carbocycles. The van der Waals surface area contributed by atoms with Gasteiger partial charge in [0.05, 0.1) is 0 Å². The van der Waals surface area contributed by atoms with E-state index in [1.807, 2.05) is 18.2 Å². The Morgan fingerprint density at radius 3 is 2.80 bits per heavy atom. The number of hydrogen-bond donors (Lipinski definition) is 1. The van der Waals surface area contributed by atoms with Crippen molar-refractivity contribution < 1.29 is 4.42 Å². The minimum Gasteiger partial charge on any atom is -0.421 e. The van der Waals surface area contributed by atoms with E-state index in [-0.39, 0.29) is 5.69 Å². The van der Waals surface area contributed by atoms with Gasteiger partial charge in [-0.1, -0.05) is 18.2 Å². The van der Waals surface area contributed by atoms with Crippen LogP contribution in [0.4, 0.5) is 5.69 Å². The maximum Gasteiger partial charge on any atom is 0.359 e. The molecule has 2 N–H and O–H groups in total. The van der Waals surface area contributed by atoms with E-state index in [1.165, 1.54) is 0 Å². The molecule has 15 heavy (non-hydrogen) atoms. The molecule has 0 saturated heterocycles. The quantitative estimate of drug-likeness (QED) is 0.627. The second-order valence-electron chi connectivity index (χ2n) is 3.22. The van der Waals surface area contributed by atoms with Crippen LogP contribution >= 0.6 is 11.6 Å². The highest BCUT2D eigenvalue weighted by molar-refractivity contribution is 6.18. The van der Waals surface area contributed by atoms with Crippen molar-refractivity contribution in [3.63, 3.8) is 0 Å². The summed E-state index contributed by atoms with van der Waals surface area (Å²) in [4.78, 5) is 11.4. The van der Waals surface area contributed by atoms with Crippen molar-refractivity contribution in [2.75, 3.05) is 11.6 Å². The summed E-state index contributed by atoms with van der Waals surface area (Å²) in [5, 5.41) is 0.857. The van der Waals surface area contributed by atoms with Gasteiger partial charge in [-0.2, -0.15) is 0 Å². The van der Waals surface area contributed by atoms with E-state index in [2.05, 4.69) is 0 Å². The Balaban J connectivity index is 2.83. The van der Waals surface area contributed by atoms with Gasteiger partial charge < -0.3 is 10.2 Å². The number of hydrogen-bond acceptors (Lipinski definition) is 3. The Morgan fingerprint density at radius 2 is 2.07 bits per heavy atom. The highest BCUT2D eigenvalue weighted by atomic mass is 35.5. The van der Waals surface area contributed by atoms with E-state index in [4.69, 9.17) is 21.8 Å². The van der Waals surface area contributed by atoms with Gasteiger partial charge in [-0.15, -0.1) is 11.6 Å². The van der Waals surface area contributed by atoms with Gasteiger partial charge in [-0.25, -0.2) is 4.79 Å². The number of benzene rings is 1. The molecule has 78 valence electrons. The van der Waals surface area contributed by atoms with Crippen molar-refractivity contribution in [3.8, 4) is 0 Å². The lowest BCUT2D eigenvalue weighted by molar-refractivity contribution is 0.562. The molecule has 0 aliphatic heterocycles. The van der Waals surface area contributed by atoms with Gasteiger partial charge in [0.2, 0.25) is 0 Å². The lowest BCUT2D eigenvalue weighted by Gasteiger charge is -2.06. The number of fused-ring (bicyclic) bond motifs is 1. The minimum absolute atomic E-state index is 0.161. The van der Waals surface area contributed by atoms with E-state index >= 15 is 0 Å². The van der Waals surface area contributed by atoms with Crippen LogP contribution in [0, 0.1) is 0 Å². The molecular formula is C11H10ClNO2. The molecule has 0 saturated carbocycles. The third-order valence-electron chi connectivity index (χ3n) is 2.30. The molecule has 1 heterocycles. The lowest BCUT2D eigenvalue weighted by Crippen LogP contribution is -2.11. The van der Waals surface area contributed by atoms with Crippen LogP contribution in [0.1, 0.15) is 5.56 Å². The van der Waals surface area contributed by atoms with Crippen molar-refractivity contribution in [3.05, 3.63) is 40.2 Å². The first-order valence-corrected chi connectivity index (χ1v) is 5.13. The summed E-state index contributed by atoms with van der Waals surface area (Å²) in [5.41, 5.74) is 6.67. The Hall–Kier alpha value is -1.48. The number of anilines is 1. The van der Waals surface area contributed by atoms with Crippen LogP contribution in [0.25, 0.3) is 11.0 Å². The molecule has 1 aromatic heterocycles. The highest BCUT2D eigenvalue weighted by Crippen LogP contribution is 2.21. The summed E-state index contributed by atoms with van der Waals surface area (Å²) in [7, 11) is 0. The number of nitrogens with two attached hydrogens (primary N) is 1. The topological polar surface area (TPSA) is 56.2 Å². The summed E-state index contributed by atoms with van der Waals surface area (Å²) < 4.78 is 5.06. The van der Waals surface area contributed by atoms with Crippen molar-refractivity contribution in [2.45, 2.75) is 6.42 Å². The first-order valence-electron chi connectivity index (χ1n) is 4.60. The van der Waals surface area contributed by atoms with Crippen molar-refractivity contribution in [1.29, 1.82) is 0 Å². The smallest absolute Gasteiger partial charge is 0.359 e. The SMILES string of the molecule is Nc1c(CCCl)c2ccccc2oc1=O. The fourth-order valence-electron chi connectivity index (χ4n) is 1.59. The molecule has 0 amide bonds. The zero-order valence-electron chi connectivity index (χ0n) is 8.00. The maximum atomic E-state index is 11.4. The molecule has 2 aromatic rings. The summed E-state index contributed by atoms with van der Waals surface area (Å²) in [6.07, 6.45) is 0.569. The second kappa shape index (κ2) is 3.95. The largest absolute Gasteiger partial charge is 0.421 e. The van der Waals surface area contributed by atoms with E-state index < -0.39 is 5.63 Å². The van der Waals surface area contributed by atoms with Crippen LogP contribution in [0.3, 0.4) is 0 Å². The maximum absolute atomic E-state index is 11.4. The van der Waals surface area contributed by atoms with Gasteiger partial charge in [0.15, 0.2) is 0 Å². The van der Waals surface area contributed by atoms with Crippen molar-refractivity contribution in [2.24, 2.45) is 0 Å². The van der Waals surface area contributed by atoms with E-state index in [0.717, 1.165) is 10.9 Å². The molecule has 0 aliphatic rings. The van der Waals surface area contributed by atoms with Crippen LogP contribution in [-0.4, -0.2) is 5.88 Å². The minimum atomic E-state index is -0.492. The lowest BCUT2D eigenvalue weighted by atomic mass is 10.1. The van der Waals surface area contributed by atoms with Crippen LogP contribution < -0.4 is 11.4 Å². The molecule has 4 heteroatoms. The fraction of sp³-hybridized carbons (Fsp3) is 0.182. The molecule has 0 aliphatic carbocycles. The monoisotopic (exact) mass is 223 g/mol. The van der Waals surface area contributed by atoms with Crippen LogP contribution in [-0.2, 0) is 6.42 Å². The van der Waals surface area contributed by atoms with Crippen LogP contribution in [0.5, 0.6) is 0 Å². The van der Waals surface area contributed by atoms with Gasteiger partial charge in [-0.05, 0) is 18.1 Å². The van der Waals surface area contributed by atoms with Gasteiger partial charge in [0, 0.05) is 11.3 Å². The number of nitrogen functional groups attached to an aromatic ring is 1. The first kappa shape index (κ1) is 10.1. The Labute approximate surface area is 91.5 Å². The summed E-state index contributed by atoms with van der Waals surface area (Å²) >= 11 is 5.67. The molecule has 0 spiro atoms. The second-order valence-corrected chi connectivity index (χ2v) is 3.59. The molecule has 0 atom stereocenters. The normalized spacial score (nSPS) is 10.7. The third kappa shape index (κ3) is 1.70. The van der Waals surface area contributed by atoms with Crippen LogP contribution in [0.2, 0.25) is 0 Å². The summed E-state index contributed by atoms with van der Waals surface area (Å²) in [6, 6.07) is 7.30. The number of para-hydroxylation sites is 1. The van der Waals surface area contributed by atoms with Gasteiger partial charge in [-0.3, -0.25) is 0 Å². The average molecular weight is 224 g/mol. The average Bonchev–Trinajstić information content (AvgIpc) is 2.25. The zero-order chi connectivity index (χ0) is 10.8. The predicted octanol–water partition coefficient (Wildman–Crippen LogP) is 2.16. The standard InChI is InChI=1S/C11H10ClNO2/c12-6-5-8-7-3-1-2-4-9(7)15-11(14)10(8)13/h1-4H,5-6,13H2. The fourth-order valence-corrected chi connectivity index (χ4v) is 1.78. The first-order chi connectivity index (χ1) is 7.24. The number of halogens is 1. The van der Waals surface area contributed by atoms with Crippen molar-refractivity contribution >= 4 is 28.3 Å². The number of alkyl halides is 1. The van der Waals surface area contributed by atoms with E-state index in [9.17, 15) is 4.79 Å². The molecule has 3 nitrogen and oxygen atoms in total. The number of aryl methyl sites for hydroxylation is 1. The summed E-state index contributed by atoms with van der Waals surface area (Å²) in [6.45, 7) is 0. The molecule has 0 radical (unpaired) electrons. The molecule has 0 fully saturated rings. The van der Waals surface area contributed by atoms with E-state index in [1.54, 1.807) is 6.07 Å². The Morgan fingerprint density at radius 1 is 1.33 bits per heavy atom. The third-order valence-corrected chi connectivity index (χ3v) is 2.49. The predicted molar refractivity (Wildman–Crippen MR) is 61.3 cm³/mol. The molecule has 0 unspecified atom stereocenters. The van der Waals surface area contributed by atoms with Crippen LogP contribution in [0.15, 0.2) is 33.5 Å². The van der Waals surface area contributed by atoms with Gasteiger partial charge in [0.1, 0.15) is 11.3 Å². The summed E-state index contributed by atoms with van der Waals surface area (Å²) in [5.74, 6) is 0.428. The van der Waals surface area contributed by atoms with Gasteiger partial charge >= 0.3 is 5.63 Å². The zero-order valence-corrected chi connectivity index (χ0v) is 8.75. The Bertz CT molecular complexity index is 548.